The van der Waals surface area contributed by atoms with E-state index in [1.54, 1.807) is 0 Å². The molecule has 0 saturated heterocycles. The number of nitrogens with one attached hydrogen (secondary N) is 1. The van der Waals surface area contributed by atoms with Gasteiger partial charge in [-0.1, -0.05) is 25.3 Å². The highest BCUT2D eigenvalue weighted by Gasteiger charge is 2.22. The summed E-state index contributed by atoms with van der Waals surface area (Å²) in [7, 11) is 0. The number of fused-ring (bicyclic) bond motifs is 2. The van der Waals surface area contributed by atoms with Gasteiger partial charge in [0.25, 0.3) is 0 Å². The predicted molar refractivity (Wildman–Crippen MR) is 104 cm³/mol. The summed E-state index contributed by atoms with van der Waals surface area (Å²) in [6.07, 6.45) is 11.7. The summed E-state index contributed by atoms with van der Waals surface area (Å²) >= 11 is 0. The first-order valence-corrected chi connectivity index (χ1v) is 9.98. The monoisotopic (exact) mass is 346 g/mol. The lowest BCUT2D eigenvalue weighted by Crippen LogP contribution is -2.31. The van der Waals surface area contributed by atoms with E-state index in [9.17, 15) is 0 Å². The molecule has 0 atom stereocenters. The fraction of sp³-hybridized carbons (Fsp3) is 0.455. The highest BCUT2D eigenvalue weighted by Crippen LogP contribution is 2.31. The van der Waals surface area contributed by atoms with E-state index in [4.69, 9.17) is 9.97 Å². The van der Waals surface area contributed by atoms with E-state index in [2.05, 4.69) is 40.3 Å². The summed E-state index contributed by atoms with van der Waals surface area (Å²) in [6, 6.07) is 8.87. The maximum Gasteiger partial charge on any atom is 0.131 e. The number of rotatable bonds is 3. The fourth-order valence-electron chi connectivity index (χ4n) is 4.52. The summed E-state index contributed by atoms with van der Waals surface area (Å²) < 4.78 is 0. The number of hydrogen-bond donors (Lipinski definition) is 1. The number of hydrogen-bond acceptors (Lipinski definition) is 3. The highest BCUT2D eigenvalue weighted by atomic mass is 15.1. The number of benzene rings is 1. The van der Waals surface area contributed by atoms with Crippen molar-refractivity contribution < 1.29 is 0 Å². The van der Waals surface area contributed by atoms with Crippen molar-refractivity contribution >= 4 is 10.9 Å². The summed E-state index contributed by atoms with van der Waals surface area (Å²) in [6.45, 7) is 3.02. The van der Waals surface area contributed by atoms with Crippen molar-refractivity contribution in [2.45, 2.75) is 57.5 Å². The second-order valence-electron chi connectivity index (χ2n) is 7.89. The van der Waals surface area contributed by atoms with E-state index >= 15 is 0 Å². The molecule has 0 unspecified atom stereocenters. The van der Waals surface area contributed by atoms with Gasteiger partial charge in [-0.25, -0.2) is 9.97 Å². The minimum atomic E-state index is 0.584. The van der Waals surface area contributed by atoms with Crippen molar-refractivity contribution in [3.8, 4) is 0 Å². The Balaban J connectivity index is 1.33. The van der Waals surface area contributed by atoms with Crippen LogP contribution in [-0.2, 0) is 19.5 Å². The molecule has 134 valence electrons. The number of H-pyrrole nitrogens is 1. The average Bonchev–Trinajstić information content (AvgIpc) is 3.16. The van der Waals surface area contributed by atoms with Crippen LogP contribution in [0, 0.1) is 0 Å². The van der Waals surface area contributed by atoms with E-state index in [0.29, 0.717) is 5.92 Å². The van der Waals surface area contributed by atoms with Gasteiger partial charge in [-0.15, -0.1) is 0 Å². The van der Waals surface area contributed by atoms with Crippen LogP contribution in [0.4, 0.5) is 0 Å². The van der Waals surface area contributed by atoms with E-state index in [-0.39, 0.29) is 0 Å². The maximum atomic E-state index is 5.01. The Labute approximate surface area is 154 Å². The van der Waals surface area contributed by atoms with Crippen LogP contribution < -0.4 is 0 Å². The van der Waals surface area contributed by atoms with E-state index in [1.807, 2.05) is 6.20 Å². The Morgan fingerprint density at radius 2 is 2.04 bits per heavy atom. The summed E-state index contributed by atoms with van der Waals surface area (Å²) in [5, 5.41) is 1.29. The molecule has 0 radical (unpaired) electrons. The van der Waals surface area contributed by atoms with Crippen molar-refractivity contribution in [3.63, 3.8) is 0 Å². The molecule has 1 saturated carbocycles. The van der Waals surface area contributed by atoms with Gasteiger partial charge in [0.1, 0.15) is 5.82 Å². The zero-order valence-electron chi connectivity index (χ0n) is 15.2. The Morgan fingerprint density at radius 1 is 1.12 bits per heavy atom. The van der Waals surface area contributed by atoms with E-state index in [1.165, 1.54) is 59.8 Å². The minimum Gasteiger partial charge on any atom is -0.361 e. The van der Waals surface area contributed by atoms with Crippen LogP contribution in [0.1, 0.15) is 60.7 Å². The quantitative estimate of drug-likeness (QED) is 0.756. The van der Waals surface area contributed by atoms with E-state index in [0.717, 1.165) is 31.9 Å². The van der Waals surface area contributed by atoms with Gasteiger partial charge in [0, 0.05) is 43.5 Å². The van der Waals surface area contributed by atoms with Crippen molar-refractivity contribution in [2.24, 2.45) is 0 Å². The largest absolute Gasteiger partial charge is 0.361 e. The van der Waals surface area contributed by atoms with Gasteiger partial charge in [-0.05, 0) is 54.0 Å². The van der Waals surface area contributed by atoms with Crippen molar-refractivity contribution in [2.75, 3.05) is 6.54 Å². The number of aromatic amines is 1. The lowest BCUT2D eigenvalue weighted by atomic mass is 9.88. The van der Waals surface area contributed by atoms with Gasteiger partial charge in [0.05, 0.1) is 5.69 Å². The minimum absolute atomic E-state index is 0.584. The van der Waals surface area contributed by atoms with Gasteiger partial charge in [0.15, 0.2) is 0 Å². The summed E-state index contributed by atoms with van der Waals surface area (Å²) in [4.78, 5) is 15.5. The lowest BCUT2D eigenvalue weighted by Gasteiger charge is -2.29. The third-order valence-corrected chi connectivity index (χ3v) is 6.04. The molecule has 2 aromatic heterocycles. The van der Waals surface area contributed by atoms with Crippen LogP contribution in [0.5, 0.6) is 0 Å². The molecule has 2 aliphatic rings. The van der Waals surface area contributed by atoms with Crippen molar-refractivity contribution in [1.29, 1.82) is 0 Å². The van der Waals surface area contributed by atoms with Crippen molar-refractivity contribution in [3.05, 3.63) is 59.3 Å². The first kappa shape index (κ1) is 16.0. The lowest BCUT2D eigenvalue weighted by molar-refractivity contribution is 0.240. The van der Waals surface area contributed by atoms with Crippen LogP contribution in [0.15, 0.2) is 36.7 Å². The zero-order chi connectivity index (χ0) is 17.3. The molecule has 3 aromatic rings. The third-order valence-electron chi connectivity index (χ3n) is 6.04. The molecule has 1 aromatic carbocycles. The highest BCUT2D eigenvalue weighted by molar-refractivity contribution is 5.79. The van der Waals surface area contributed by atoms with E-state index < -0.39 is 0 Å². The van der Waals surface area contributed by atoms with Gasteiger partial charge >= 0.3 is 0 Å². The Morgan fingerprint density at radius 3 is 2.96 bits per heavy atom. The molecule has 0 spiro atoms. The summed E-state index contributed by atoms with van der Waals surface area (Å²) in [5.41, 5.74) is 5.20. The van der Waals surface area contributed by atoms with Gasteiger partial charge in [-0.2, -0.15) is 0 Å². The number of nitrogens with zero attached hydrogens (tertiary/aromatic N) is 3. The Hall–Kier alpha value is -2.20. The normalized spacial score (nSPS) is 18.9. The first-order valence-electron chi connectivity index (χ1n) is 9.98. The smallest absolute Gasteiger partial charge is 0.131 e. The van der Waals surface area contributed by atoms with Gasteiger partial charge < -0.3 is 4.98 Å². The first-order chi connectivity index (χ1) is 12.8. The molecule has 0 amide bonds. The Kier molecular flexibility index (Phi) is 4.21. The molecule has 1 aliphatic carbocycles. The number of aromatic nitrogens is 3. The topological polar surface area (TPSA) is 44.8 Å². The third kappa shape index (κ3) is 3.14. The molecule has 4 heteroatoms. The second-order valence-corrected chi connectivity index (χ2v) is 7.89. The molecule has 1 aliphatic heterocycles. The Bertz CT molecular complexity index is 907. The fourth-order valence-corrected chi connectivity index (χ4v) is 4.52. The van der Waals surface area contributed by atoms with Gasteiger partial charge in [-0.3, -0.25) is 4.90 Å². The van der Waals surface area contributed by atoms with Crippen LogP contribution in [0.25, 0.3) is 10.9 Å². The molecule has 5 rings (SSSR count). The molecule has 1 fully saturated rings. The SMILES string of the molecule is c1cc2cc(CN3CCc4cnc(C5CCCCC5)nc4C3)ccc2[nH]1. The molecular formula is C22H26N4. The second kappa shape index (κ2) is 6.84. The molecule has 1 N–H and O–H groups in total. The molecule has 26 heavy (non-hydrogen) atoms. The average molecular weight is 346 g/mol. The zero-order valence-corrected chi connectivity index (χ0v) is 15.2. The van der Waals surface area contributed by atoms with Crippen LogP contribution in [0.2, 0.25) is 0 Å². The molecule has 3 heterocycles. The maximum absolute atomic E-state index is 5.01. The molecular weight excluding hydrogens is 320 g/mol. The molecule has 0 bridgehead atoms. The van der Waals surface area contributed by atoms with Crippen molar-refractivity contribution in [1.82, 2.24) is 19.9 Å². The summed E-state index contributed by atoms with van der Waals surface area (Å²) in [5.74, 6) is 1.68. The standard InChI is InChI=1S/C22H26N4/c1-2-4-17(5-3-1)22-24-13-19-9-11-26(15-21(19)25-22)14-16-6-7-20-18(12-16)8-10-23-20/h6-8,10,12-13,17,23H,1-5,9,11,14-15H2. The van der Waals surface area contributed by atoms with Crippen LogP contribution >= 0.6 is 0 Å². The predicted octanol–water partition coefficient (Wildman–Crippen LogP) is 4.56. The molecule has 4 nitrogen and oxygen atoms in total. The van der Waals surface area contributed by atoms with Gasteiger partial charge in [0.2, 0.25) is 0 Å². The van der Waals surface area contributed by atoms with Crippen LogP contribution in [0.3, 0.4) is 0 Å². The van der Waals surface area contributed by atoms with Crippen LogP contribution in [-0.4, -0.2) is 26.4 Å².